The van der Waals surface area contributed by atoms with Crippen LogP contribution in [0.4, 0.5) is 0 Å². The number of ether oxygens (including phenoxy) is 2. The van der Waals surface area contributed by atoms with Gasteiger partial charge in [-0.3, -0.25) is 14.0 Å². The molecule has 0 fully saturated rings. The zero-order valence-electron chi connectivity index (χ0n) is 15.0. The van der Waals surface area contributed by atoms with Gasteiger partial charge in [-0.2, -0.15) is 0 Å². The Kier molecular flexibility index (Phi) is 5.02. The molecule has 0 spiro atoms. The fourth-order valence-electron chi connectivity index (χ4n) is 2.84. The number of hydrogen-bond donors (Lipinski definition) is 0. The van der Waals surface area contributed by atoms with E-state index in [1.54, 1.807) is 13.2 Å². The van der Waals surface area contributed by atoms with Gasteiger partial charge in [-0.25, -0.2) is 4.98 Å². The largest absolute Gasteiger partial charge is 0.496 e. The summed E-state index contributed by atoms with van der Waals surface area (Å²) in [6.45, 7) is 3.74. The number of aryl methyl sites for hydroxylation is 2. The minimum atomic E-state index is -0.403. The molecule has 26 heavy (non-hydrogen) atoms. The zero-order chi connectivity index (χ0) is 18.7. The van der Waals surface area contributed by atoms with E-state index in [9.17, 15) is 9.59 Å². The van der Waals surface area contributed by atoms with E-state index >= 15 is 0 Å². The van der Waals surface area contributed by atoms with Crippen LogP contribution in [-0.2, 0) is 22.6 Å². The molecule has 0 aliphatic carbocycles. The number of hydrogen-bond acceptors (Lipinski definition) is 5. The number of benzene rings is 1. The molecule has 1 aromatic carbocycles. The number of carbonyl (C=O) groups is 1. The third-order valence-electron chi connectivity index (χ3n) is 4.08. The van der Waals surface area contributed by atoms with Crippen LogP contribution in [-0.4, -0.2) is 22.5 Å². The quantitative estimate of drug-likeness (QED) is 0.660. The molecule has 0 bridgehead atoms. The van der Waals surface area contributed by atoms with E-state index in [0.29, 0.717) is 17.1 Å². The molecule has 0 amide bonds. The molecule has 3 rings (SSSR count). The highest BCUT2D eigenvalue weighted by Crippen LogP contribution is 2.20. The first kappa shape index (κ1) is 17.7. The van der Waals surface area contributed by atoms with Gasteiger partial charge in [0.25, 0.3) is 5.56 Å². The number of esters is 1. The van der Waals surface area contributed by atoms with Crippen LogP contribution in [0, 0.1) is 13.8 Å². The summed E-state index contributed by atoms with van der Waals surface area (Å²) in [5, 5.41) is 0. The maximum atomic E-state index is 12.2. The Morgan fingerprint density at radius 3 is 2.73 bits per heavy atom. The summed E-state index contributed by atoms with van der Waals surface area (Å²) in [6, 6.07) is 12.4. The maximum Gasteiger partial charge on any atom is 0.310 e. The molecule has 0 aliphatic rings. The Hall–Kier alpha value is -3.15. The second-order valence-electron chi connectivity index (χ2n) is 6.10. The lowest BCUT2D eigenvalue weighted by atomic mass is 10.1. The van der Waals surface area contributed by atoms with Crippen molar-refractivity contribution < 1.29 is 14.3 Å². The van der Waals surface area contributed by atoms with E-state index in [1.165, 1.54) is 10.5 Å². The normalized spacial score (nSPS) is 10.7. The van der Waals surface area contributed by atoms with Crippen LogP contribution >= 0.6 is 0 Å². The SMILES string of the molecule is COc1ccc(C)cc1CC(=O)OCc1cc(=O)n2c(C)cccc2n1. The second kappa shape index (κ2) is 7.39. The number of pyridine rings is 1. The first-order valence-corrected chi connectivity index (χ1v) is 8.25. The monoisotopic (exact) mass is 352 g/mol. The van der Waals surface area contributed by atoms with Crippen molar-refractivity contribution in [2.75, 3.05) is 7.11 Å². The predicted molar refractivity (Wildman–Crippen MR) is 97.4 cm³/mol. The van der Waals surface area contributed by atoms with Gasteiger partial charge in [-0.1, -0.05) is 23.8 Å². The van der Waals surface area contributed by atoms with Crippen LogP contribution in [0.5, 0.6) is 5.75 Å². The van der Waals surface area contributed by atoms with Crippen LogP contribution < -0.4 is 10.3 Å². The second-order valence-corrected chi connectivity index (χ2v) is 6.10. The van der Waals surface area contributed by atoms with Gasteiger partial charge in [0.15, 0.2) is 0 Å². The molecule has 0 saturated carbocycles. The number of aromatic nitrogens is 2. The lowest BCUT2D eigenvalue weighted by Gasteiger charge is -2.10. The Balaban J connectivity index is 1.73. The summed E-state index contributed by atoms with van der Waals surface area (Å²) in [5.41, 5.74) is 3.36. The first-order valence-electron chi connectivity index (χ1n) is 8.25. The highest BCUT2D eigenvalue weighted by molar-refractivity contribution is 5.73. The topological polar surface area (TPSA) is 69.9 Å². The van der Waals surface area contributed by atoms with Crippen molar-refractivity contribution >= 4 is 11.6 Å². The molecule has 0 unspecified atom stereocenters. The van der Waals surface area contributed by atoms with Crippen molar-refractivity contribution in [3.05, 3.63) is 75.3 Å². The summed E-state index contributed by atoms with van der Waals surface area (Å²) in [7, 11) is 1.56. The Bertz CT molecular complexity index is 1020. The smallest absolute Gasteiger partial charge is 0.310 e. The molecule has 2 aromatic heterocycles. The van der Waals surface area contributed by atoms with Crippen molar-refractivity contribution in [2.45, 2.75) is 26.9 Å². The van der Waals surface area contributed by atoms with E-state index in [0.717, 1.165) is 16.8 Å². The van der Waals surface area contributed by atoms with E-state index in [1.807, 2.05) is 44.2 Å². The van der Waals surface area contributed by atoms with Crippen LogP contribution in [0.25, 0.3) is 5.65 Å². The Labute approximate surface area is 151 Å². The summed E-state index contributed by atoms with van der Waals surface area (Å²) in [4.78, 5) is 28.8. The van der Waals surface area contributed by atoms with Gasteiger partial charge in [0, 0.05) is 17.3 Å². The summed E-state index contributed by atoms with van der Waals surface area (Å²) in [6.07, 6.45) is 0.0938. The molecule has 6 nitrogen and oxygen atoms in total. The fraction of sp³-hybridized carbons (Fsp3) is 0.250. The minimum Gasteiger partial charge on any atom is -0.496 e. The lowest BCUT2D eigenvalue weighted by Crippen LogP contribution is -2.18. The molecule has 0 atom stereocenters. The molecular weight excluding hydrogens is 332 g/mol. The van der Waals surface area contributed by atoms with Gasteiger partial charge in [0.2, 0.25) is 0 Å². The molecule has 0 aliphatic heterocycles. The van der Waals surface area contributed by atoms with E-state index in [4.69, 9.17) is 9.47 Å². The Morgan fingerprint density at radius 1 is 1.15 bits per heavy atom. The summed E-state index contributed by atoms with van der Waals surface area (Å²) < 4.78 is 12.1. The molecule has 0 radical (unpaired) electrons. The van der Waals surface area contributed by atoms with Crippen molar-refractivity contribution in [1.29, 1.82) is 0 Å². The van der Waals surface area contributed by atoms with Gasteiger partial charge in [0.1, 0.15) is 18.0 Å². The minimum absolute atomic E-state index is 0.0490. The highest BCUT2D eigenvalue weighted by atomic mass is 16.5. The van der Waals surface area contributed by atoms with Gasteiger partial charge in [0.05, 0.1) is 19.2 Å². The van der Waals surface area contributed by atoms with Gasteiger partial charge >= 0.3 is 5.97 Å². The van der Waals surface area contributed by atoms with Crippen LogP contribution in [0.3, 0.4) is 0 Å². The lowest BCUT2D eigenvalue weighted by molar-refractivity contribution is -0.144. The highest BCUT2D eigenvalue weighted by Gasteiger charge is 2.12. The average Bonchev–Trinajstić information content (AvgIpc) is 2.60. The standard InChI is InChI=1S/C20H20N2O4/c1-13-7-8-17(25-3)15(9-13)10-20(24)26-12-16-11-19(23)22-14(2)5-4-6-18(22)21-16/h4-9,11H,10,12H2,1-3H3. The molecule has 0 saturated heterocycles. The van der Waals surface area contributed by atoms with Crippen molar-refractivity contribution in [3.63, 3.8) is 0 Å². The van der Waals surface area contributed by atoms with E-state index in [2.05, 4.69) is 4.98 Å². The van der Waals surface area contributed by atoms with Crippen LogP contribution in [0.2, 0.25) is 0 Å². The number of methoxy groups -OCH3 is 1. The molecule has 6 heteroatoms. The molecule has 2 heterocycles. The number of carbonyl (C=O) groups excluding carboxylic acids is 1. The van der Waals surface area contributed by atoms with Crippen LogP contribution in [0.15, 0.2) is 47.3 Å². The summed E-state index contributed by atoms with van der Waals surface area (Å²) in [5.74, 6) is 0.241. The van der Waals surface area contributed by atoms with Gasteiger partial charge in [-0.15, -0.1) is 0 Å². The third-order valence-corrected chi connectivity index (χ3v) is 4.08. The van der Waals surface area contributed by atoms with Gasteiger partial charge < -0.3 is 9.47 Å². The fourth-order valence-corrected chi connectivity index (χ4v) is 2.84. The van der Waals surface area contributed by atoms with E-state index < -0.39 is 5.97 Å². The van der Waals surface area contributed by atoms with Crippen molar-refractivity contribution in [1.82, 2.24) is 9.38 Å². The molecule has 3 aromatic rings. The molecular formula is C20H20N2O4. The first-order chi connectivity index (χ1) is 12.5. The number of fused-ring (bicyclic) bond motifs is 1. The Morgan fingerprint density at radius 2 is 1.96 bits per heavy atom. The molecule has 134 valence electrons. The summed E-state index contributed by atoms with van der Waals surface area (Å²) >= 11 is 0. The number of rotatable bonds is 5. The average molecular weight is 352 g/mol. The van der Waals surface area contributed by atoms with Crippen molar-refractivity contribution in [2.24, 2.45) is 0 Å². The van der Waals surface area contributed by atoms with Gasteiger partial charge in [-0.05, 0) is 32.0 Å². The number of nitrogens with zero attached hydrogens (tertiary/aromatic N) is 2. The third kappa shape index (κ3) is 3.74. The predicted octanol–water partition coefficient (Wildman–Crippen LogP) is 2.61. The zero-order valence-corrected chi connectivity index (χ0v) is 15.0. The van der Waals surface area contributed by atoms with Crippen molar-refractivity contribution in [3.8, 4) is 5.75 Å². The maximum absolute atomic E-state index is 12.2. The van der Waals surface area contributed by atoms with E-state index in [-0.39, 0.29) is 18.6 Å². The molecule has 0 N–H and O–H groups in total. The van der Waals surface area contributed by atoms with Crippen LogP contribution in [0.1, 0.15) is 22.5 Å².